The molecule has 2 rings (SSSR count). The maximum atomic E-state index is 12.7. The SMILES string of the molecule is COCC(NC(=O)C(N)CC(=O)NC(C)(C)C)C(=O)NCc1cccc2ccccc12. The molecule has 0 aliphatic carbocycles. The molecule has 2 aromatic carbocycles. The molecule has 0 heterocycles. The van der Waals surface area contributed by atoms with Crippen LogP contribution in [0.5, 0.6) is 0 Å². The zero-order valence-corrected chi connectivity index (χ0v) is 18.5. The van der Waals surface area contributed by atoms with Crippen LogP contribution in [-0.4, -0.2) is 49.1 Å². The molecule has 2 atom stereocenters. The third kappa shape index (κ3) is 7.66. The Morgan fingerprint density at radius 3 is 2.39 bits per heavy atom. The lowest BCUT2D eigenvalue weighted by Crippen LogP contribution is -2.54. The summed E-state index contributed by atoms with van der Waals surface area (Å²) in [6, 6.07) is 11.8. The predicted octanol–water partition coefficient (Wildman–Crippen LogP) is 1.22. The lowest BCUT2D eigenvalue weighted by Gasteiger charge is -2.23. The fourth-order valence-corrected chi connectivity index (χ4v) is 3.14. The van der Waals surface area contributed by atoms with Crippen molar-refractivity contribution in [2.24, 2.45) is 5.73 Å². The number of methoxy groups -OCH3 is 1. The standard InChI is InChI=1S/C23H32N4O4/c1-23(2,3)27-20(28)12-18(24)21(29)26-19(14-31-4)22(30)25-13-16-10-7-9-15-8-5-6-11-17(15)16/h5-11,18-19H,12-14,24H2,1-4H3,(H,25,30)(H,26,29)(H,27,28). The van der Waals surface area contributed by atoms with Crippen LogP contribution in [0.3, 0.4) is 0 Å². The lowest BCUT2D eigenvalue weighted by molar-refractivity contribution is -0.132. The Morgan fingerprint density at radius 1 is 1.03 bits per heavy atom. The minimum Gasteiger partial charge on any atom is -0.382 e. The van der Waals surface area contributed by atoms with E-state index < -0.39 is 29.4 Å². The van der Waals surface area contributed by atoms with E-state index in [9.17, 15) is 14.4 Å². The first-order valence-electron chi connectivity index (χ1n) is 10.2. The van der Waals surface area contributed by atoms with Crippen LogP contribution in [0, 0.1) is 0 Å². The van der Waals surface area contributed by atoms with Gasteiger partial charge in [-0.25, -0.2) is 0 Å². The van der Waals surface area contributed by atoms with Crippen LogP contribution in [-0.2, 0) is 25.7 Å². The van der Waals surface area contributed by atoms with Crippen molar-refractivity contribution in [3.8, 4) is 0 Å². The van der Waals surface area contributed by atoms with Crippen molar-refractivity contribution in [2.45, 2.75) is 51.4 Å². The summed E-state index contributed by atoms with van der Waals surface area (Å²) in [5.74, 6) is -1.32. The highest BCUT2D eigenvalue weighted by molar-refractivity contribution is 5.93. The van der Waals surface area contributed by atoms with E-state index >= 15 is 0 Å². The molecule has 0 radical (unpaired) electrons. The van der Waals surface area contributed by atoms with E-state index in [0.717, 1.165) is 16.3 Å². The van der Waals surface area contributed by atoms with Gasteiger partial charge in [0.15, 0.2) is 0 Å². The molecule has 168 valence electrons. The predicted molar refractivity (Wildman–Crippen MR) is 120 cm³/mol. The zero-order valence-electron chi connectivity index (χ0n) is 18.5. The van der Waals surface area contributed by atoms with Crippen LogP contribution in [0.25, 0.3) is 10.8 Å². The Hall–Kier alpha value is -2.97. The third-order valence-electron chi connectivity index (χ3n) is 4.56. The minimum atomic E-state index is -1.08. The summed E-state index contributed by atoms with van der Waals surface area (Å²) in [4.78, 5) is 37.1. The molecule has 0 aliphatic heterocycles. The number of rotatable bonds is 9. The van der Waals surface area contributed by atoms with E-state index in [1.165, 1.54) is 7.11 Å². The molecular weight excluding hydrogens is 396 g/mol. The first-order valence-corrected chi connectivity index (χ1v) is 10.2. The summed E-state index contributed by atoms with van der Waals surface area (Å²) in [5.41, 5.74) is 6.40. The Balaban J connectivity index is 1.96. The highest BCUT2D eigenvalue weighted by Gasteiger charge is 2.26. The number of amides is 3. The molecule has 0 bridgehead atoms. The molecule has 0 saturated heterocycles. The molecule has 0 aliphatic rings. The molecule has 8 nitrogen and oxygen atoms in total. The smallest absolute Gasteiger partial charge is 0.245 e. The van der Waals surface area contributed by atoms with Crippen LogP contribution in [0.4, 0.5) is 0 Å². The molecule has 0 spiro atoms. The van der Waals surface area contributed by atoms with Gasteiger partial charge in [-0.05, 0) is 37.1 Å². The van der Waals surface area contributed by atoms with Gasteiger partial charge >= 0.3 is 0 Å². The molecule has 31 heavy (non-hydrogen) atoms. The Labute approximate surface area is 182 Å². The third-order valence-corrected chi connectivity index (χ3v) is 4.56. The van der Waals surface area contributed by atoms with Crippen molar-refractivity contribution in [3.63, 3.8) is 0 Å². The van der Waals surface area contributed by atoms with Gasteiger partial charge in [0.25, 0.3) is 0 Å². The Bertz CT molecular complexity index is 918. The molecule has 0 fully saturated rings. The molecule has 2 aromatic rings. The molecule has 2 unspecified atom stereocenters. The highest BCUT2D eigenvalue weighted by Crippen LogP contribution is 2.18. The fraction of sp³-hybridized carbons (Fsp3) is 0.435. The number of carbonyl (C=O) groups excluding carboxylic acids is 3. The van der Waals surface area contributed by atoms with Crippen molar-refractivity contribution in [3.05, 3.63) is 48.0 Å². The van der Waals surface area contributed by atoms with Crippen molar-refractivity contribution >= 4 is 28.5 Å². The average molecular weight is 429 g/mol. The van der Waals surface area contributed by atoms with E-state index in [1.807, 2.05) is 63.2 Å². The second-order valence-electron chi connectivity index (χ2n) is 8.48. The zero-order chi connectivity index (χ0) is 23.0. The number of ether oxygens (including phenoxy) is 1. The van der Waals surface area contributed by atoms with Crippen LogP contribution >= 0.6 is 0 Å². The van der Waals surface area contributed by atoms with Gasteiger partial charge in [-0.3, -0.25) is 14.4 Å². The van der Waals surface area contributed by atoms with E-state index in [0.29, 0.717) is 6.54 Å². The van der Waals surface area contributed by atoms with Gasteiger partial charge in [0.1, 0.15) is 6.04 Å². The summed E-state index contributed by atoms with van der Waals surface area (Å²) < 4.78 is 5.08. The second-order valence-corrected chi connectivity index (χ2v) is 8.48. The lowest BCUT2D eigenvalue weighted by atomic mass is 10.0. The molecule has 0 aromatic heterocycles. The van der Waals surface area contributed by atoms with Crippen LogP contribution in [0.1, 0.15) is 32.8 Å². The molecule has 5 N–H and O–H groups in total. The van der Waals surface area contributed by atoms with Crippen LogP contribution < -0.4 is 21.7 Å². The number of benzene rings is 2. The van der Waals surface area contributed by atoms with Crippen LogP contribution in [0.15, 0.2) is 42.5 Å². The number of nitrogens with two attached hydrogens (primary N) is 1. The average Bonchev–Trinajstić information content (AvgIpc) is 2.70. The monoisotopic (exact) mass is 428 g/mol. The van der Waals surface area contributed by atoms with Gasteiger partial charge in [0.2, 0.25) is 17.7 Å². The summed E-state index contributed by atoms with van der Waals surface area (Å²) in [6.07, 6.45) is -0.180. The maximum absolute atomic E-state index is 12.7. The van der Waals surface area contributed by atoms with E-state index in [-0.39, 0.29) is 18.9 Å². The fourth-order valence-electron chi connectivity index (χ4n) is 3.14. The van der Waals surface area contributed by atoms with Gasteiger partial charge < -0.3 is 26.4 Å². The maximum Gasteiger partial charge on any atom is 0.245 e. The summed E-state index contributed by atoms with van der Waals surface area (Å²) in [7, 11) is 1.44. The van der Waals surface area contributed by atoms with E-state index in [1.54, 1.807) is 0 Å². The van der Waals surface area contributed by atoms with Crippen LogP contribution in [0.2, 0.25) is 0 Å². The largest absolute Gasteiger partial charge is 0.382 e. The van der Waals surface area contributed by atoms with E-state index in [2.05, 4.69) is 16.0 Å². The van der Waals surface area contributed by atoms with E-state index in [4.69, 9.17) is 10.5 Å². The highest BCUT2D eigenvalue weighted by atomic mass is 16.5. The summed E-state index contributed by atoms with van der Waals surface area (Å²) >= 11 is 0. The Morgan fingerprint density at radius 2 is 1.71 bits per heavy atom. The Kier molecular flexibility index (Phi) is 8.53. The van der Waals surface area contributed by atoms with Gasteiger partial charge in [-0.15, -0.1) is 0 Å². The van der Waals surface area contributed by atoms with Crippen molar-refractivity contribution < 1.29 is 19.1 Å². The van der Waals surface area contributed by atoms with Crippen molar-refractivity contribution in [2.75, 3.05) is 13.7 Å². The minimum absolute atomic E-state index is 0.0198. The summed E-state index contributed by atoms with van der Waals surface area (Å²) in [6.45, 7) is 5.80. The number of carbonyl (C=O) groups is 3. The normalized spacial score (nSPS) is 13.3. The summed E-state index contributed by atoms with van der Waals surface area (Å²) in [5, 5.41) is 10.3. The number of nitrogens with one attached hydrogen (secondary N) is 3. The quantitative estimate of drug-likeness (QED) is 0.478. The molecule has 8 heteroatoms. The molecular formula is C23H32N4O4. The second kappa shape index (κ2) is 10.9. The van der Waals surface area contributed by atoms with Crippen molar-refractivity contribution in [1.29, 1.82) is 0 Å². The molecule has 3 amide bonds. The van der Waals surface area contributed by atoms with Gasteiger partial charge in [0.05, 0.1) is 19.1 Å². The topological polar surface area (TPSA) is 123 Å². The number of hydrogen-bond donors (Lipinski definition) is 4. The number of fused-ring (bicyclic) bond motifs is 1. The van der Waals surface area contributed by atoms with Crippen molar-refractivity contribution in [1.82, 2.24) is 16.0 Å². The van der Waals surface area contributed by atoms with Gasteiger partial charge in [-0.1, -0.05) is 42.5 Å². The first kappa shape index (κ1) is 24.3. The molecule has 0 saturated carbocycles. The van der Waals surface area contributed by atoms with Gasteiger partial charge in [0, 0.05) is 19.2 Å². The van der Waals surface area contributed by atoms with Gasteiger partial charge in [-0.2, -0.15) is 0 Å². The number of hydrogen-bond acceptors (Lipinski definition) is 5. The first-order chi connectivity index (χ1) is 14.6.